The van der Waals surface area contributed by atoms with Crippen LogP contribution in [0.15, 0.2) is 58.3 Å². The molecule has 0 aliphatic carbocycles. The number of carbonyl (C=O) groups excluding carboxylic acids is 2. The average molecular weight is 385 g/mol. The van der Waals surface area contributed by atoms with E-state index in [-0.39, 0.29) is 0 Å². The Bertz CT molecular complexity index is 908. The molecule has 3 amide bonds. The predicted octanol–water partition coefficient (Wildman–Crippen LogP) is 2.52. The second kappa shape index (κ2) is 8.54. The molecule has 2 aromatic heterocycles. The van der Waals surface area contributed by atoms with Gasteiger partial charge in [0, 0.05) is 7.05 Å². The quantitative estimate of drug-likeness (QED) is 0.632. The number of furan rings is 1. The van der Waals surface area contributed by atoms with Gasteiger partial charge < -0.3 is 9.73 Å². The highest BCUT2D eigenvalue weighted by atomic mass is 32.2. The first kappa shape index (κ1) is 18.7. The van der Waals surface area contributed by atoms with Crippen LogP contribution in [0.4, 0.5) is 4.79 Å². The number of rotatable bonds is 6. The second-order valence-electron chi connectivity index (χ2n) is 5.68. The molecule has 140 valence electrons. The molecule has 9 heteroatoms. The number of hydrogen-bond acceptors (Lipinski definition) is 6. The minimum absolute atomic E-state index is 0.409. The monoisotopic (exact) mass is 385 g/mol. The van der Waals surface area contributed by atoms with Crippen LogP contribution < -0.4 is 10.6 Å². The Morgan fingerprint density at radius 2 is 1.96 bits per heavy atom. The van der Waals surface area contributed by atoms with Crippen molar-refractivity contribution in [3.8, 4) is 11.6 Å². The van der Waals surface area contributed by atoms with Crippen molar-refractivity contribution in [2.24, 2.45) is 0 Å². The molecule has 1 atom stereocenters. The van der Waals surface area contributed by atoms with E-state index in [0.717, 1.165) is 5.56 Å². The van der Waals surface area contributed by atoms with Crippen LogP contribution >= 0.6 is 11.8 Å². The van der Waals surface area contributed by atoms with Crippen molar-refractivity contribution < 1.29 is 14.0 Å². The normalized spacial score (nSPS) is 11.8. The lowest BCUT2D eigenvalue weighted by Crippen LogP contribution is -2.41. The van der Waals surface area contributed by atoms with E-state index in [4.69, 9.17) is 4.42 Å². The summed E-state index contributed by atoms with van der Waals surface area (Å²) in [5.41, 5.74) is 1.06. The summed E-state index contributed by atoms with van der Waals surface area (Å²) in [5, 5.41) is 13.1. The van der Waals surface area contributed by atoms with Crippen molar-refractivity contribution in [1.29, 1.82) is 0 Å². The molecule has 2 heterocycles. The summed E-state index contributed by atoms with van der Waals surface area (Å²) in [6.07, 6.45) is 1.57. The number of urea groups is 1. The average Bonchev–Trinajstić information content (AvgIpc) is 3.33. The first-order valence-electron chi connectivity index (χ1n) is 8.28. The lowest BCUT2D eigenvalue weighted by molar-refractivity contribution is -0.119. The Balaban J connectivity index is 1.86. The summed E-state index contributed by atoms with van der Waals surface area (Å²) in [6.45, 7) is 2.23. The molecule has 3 rings (SSSR count). The van der Waals surface area contributed by atoms with Crippen LogP contribution in [0.25, 0.3) is 11.6 Å². The second-order valence-corrected chi connectivity index (χ2v) is 6.99. The van der Waals surface area contributed by atoms with E-state index in [2.05, 4.69) is 20.8 Å². The van der Waals surface area contributed by atoms with E-state index >= 15 is 0 Å². The van der Waals surface area contributed by atoms with Crippen molar-refractivity contribution >= 4 is 23.7 Å². The van der Waals surface area contributed by atoms with Gasteiger partial charge >= 0.3 is 6.03 Å². The van der Waals surface area contributed by atoms with Crippen molar-refractivity contribution in [2.75, 3.05) is 7.05 Å². The minimum Gasteiger partial charge on any atom is -0.461 e. The zero-order valence-electron chi connectivity index (χ0n) is 14.9. The molecule has 0 radical (unpaired) electrons. The van der Waals surface area contributed by atoms with Gasteiger partial charge in [0.2, 0.25) is 11.7 Å². The molecule has 2 N–H and O–H groups in total. The van der Waals surface area contributed by atoms with Crippen LogP contribution in [-0.4, -0.2) is 39.0 Å². The SMILES string of the molecule is CNC(=O)NC(=O)[C@@H](C)Sc1nnc(-c2ccco2)n1Cc1ccccc1. The van der Waals surface area contributed by atoms with Gasteiger partial charge in [-0.1, -0.05) is 42.1 Å². The highest BCUT2D eigenvalue weighted by Gasteiger charge is 2.22. The molecule has 8 nitrogen and oxygen atoms in total. The summed E-state index contributed by atoms with van der Waals surface area (Å²) in [7, 11) is 1.45. The Morgan fingerprint density at radius 3 is 2.63 bits per heavy atom. The zero-order chi connectivity index (χ0) is 19.2. The van der Waals surface area contributed by atoms with Crippen molar-refractivity contribution in [3.05, 3.63) is 54.3 Å². The fourth-order valence-corrected chi connectivity index (χ4v) is 3.21. The molecular formula is C18H19N5O3S. The highest BCUT2D eigenvalue weighted by Crippen LogP contribution is 2.28. The van der Waals surface area contributed by atoms with Crippen molar-refractivity contribution in [2.45, 2.75) is 23.9 Å². The highest BCUT2D eigenvalue weighted by molar-refractivity contribution is 8.00. The topological polar surface area (TPSA) is 102 Å². The summed E-state index contributed by atoms with van der Waals surface area (Å²) in [6, 6.07) is 12.9. The van der Waals surface area contributed by atoms with E-state index in [1.165, 1.54) is 18.8 Å². The number of nitrogens with one attached hydrogen (secondary N) is 2. The van der Waals surface area contributed by atoms with E-state index in [1.54, 1.807) is 19.3 Å². The fraction of sp³-hybridized carbons (Fsp3) is 0.222. The number of benzene rings is 1. The summed E-state index contributed by atoms with van der Waals surface area (Å²) in [5.74, 6) is 0.756. The molecule has 0 aliphatic heterocycles. The van der Waals surface area contributed by atoms with Crippen LogP contribution in [0.1, 0.15) is 12.5 Å². The number of imide groups is 1. The lowest BCUT2D eigenvalue weighted by Gasteiger charge is -2.13. The smallest absolute Gasteiger partial charge is 0.321 e. The van der Waals surface area contributed by atoms with E-state index < -0.39 is 17.2 Å². The Morgan fingerprint density at radius 1 is 1.19 bits per heavy atom. The Labute approximate surface area is 160 Å². The molecule has 0 unspecified atom stereocenters. The third-order valence-corrected chi connectivity index (χ3v) is 4.84. The van der Waals surface area contributed by atoms with Gasteiger partial charge in [-0.25, -0.2) is 4.79 Å². The molecule has 0 fully saturated rings. The van der Waals surface area contributed by atoms with Gasteiger partial charge in [0.25, 0.3) is 0 Å². The lowest BCUT2D eigenvalue weighted by atomic mass is 10.2. The number of thioether (sulfide) groups is 1. The number of nitrogens with zero attached hydrogens (tertiary/aromatic N) is 3. The Hall–Kier alpha value is -3.07. The van der Waals surface area contributed by atoms with E-state index in [1.807, 2.05) is 41.0 Å². The van der Waals surface area contributed by atoms with Gasteiger partial charge in [0.15, 0.2) is 10.9 Å². The first-order chi connectivity index (χ1) is 13.1. The van der Waals surface area contributed by atoms with Crippen LogP contribution in [0.2, 0.25) is 0 Å². The van der Waals surface area contributed by atoms with E-state index in [9.17, 15) is 9.59 Å². The fourth-order valence-electron chi connectivity index (χ4n) is 2.36. The molecule has 0 bridgehead atoms. The Kier molecular flexibility index (Phi) is 5.92. The summed E-state index contributed by atoms with van der Waals surface area (Å²) in [4.78, 5) is 23.5. The summed E-state index contributed by atoms with van der Waals surface area (Å²) < 4.78 is 7.36. The molecule has 0 saturated carbocycles. The maximum absolute atomic E-state index is 12.2. The van der Waals surface area contributed by atoms with Gasteiger partial charge in [-0.3, -0.25) is 14.7 Å². The maximum atomic E-state index is 12.2. The van der Waals surface area contributed by atoms with Gasteiger partial charge in [-0.2, -0.15) is 0 Å². The maximum Gasteiger partial charge on any atom is 0.321 e. The third kappa shape index (κ3) is 4.56. The molecule has 0 spiro atoms. The zero-order valence-corrected chi connectivity index (χ0v) is 15.7. The molecule has 0 saturated heterocycles. The predicted molar refractivity (Wildman–Crippen MR) is 101 cm³/mol. The molecule has 3 aromatic rings. The van der Waals surface area contributed by atoms with E-state index in [0.29, 0.717) is 23.3 Å². The van der Waals surface area contributed by atoms with Gasteiger partial charge in [-0.05, 0) is 24.6 Å². The van der Waals surface area contributed by atoms with Crippen molar-refractivity contribution in [3.63, 3.8) is 0 Å². The number of amides is 3. The number of carbonyl (C=O) groups is 2. The van der Waals surface area contributed by atoms with Crippen molar-refractivity contribution in [1.82, 2.24) is 25.4 Å². The first-order valence-corrected chi connectivity index (χ1v) is 9.16. The van der Waals surface area contributed by atoms with Gasteiger partial charge in [0.05, 0.1) is 18.1 Å². The number of aromatic nitrogens is 3. The van der Waals surface area contributed by atoms with Gasteiger partial charge in [-0.15, -0.1) is 10.2 Å². The third-order valence-electron chi connectivity index (χ3n) is 3.76. The standard InChI is InChI=1S/C18H19N5O3S/c1-12(16(24)20-17(25)19-2)27-18-22-21-15(14-9-6-10-26-14)23(18)11-13-7-4-3-5-8-13/h3-10,12H,11H2,1-2H3,(H2,19,20,24,25)/t12-/m1/s1. The van der Waals surface area contributed by atoms with Gasteiger partial charge in [0.1, 0.15) is 0 Å². The van der Waals surface area contributed by atoms with Crippen LogP contribution in [0, 0.1) is 0 Å². The molecule has 0 aliphatic rings. The molecular weight excluding hydrogens is 366 g/mol. The van der Waals surface area contributed by atoms with Crippen LogP contribution in [-0.2, 0) is 11.3 Å². The number of hydrogen-bond donors (Lipinski definition) is 2. The summed E-state index contributed by atoms with van der Waals surface area (Å²) >= 11 is 1.22. The van der Waals surface area contributed by atoms with Crippen LogP contribution in [0.5, 0.6) is 0 Å². The molecule has 1 aromatic carbocycles. The van der Waals surface area contributed by atoms with Crippen LogP contribution in [0.3, 0.4) is 0 Å². The largest absolute Gasteiger partial charge is 0.461 e. The minimum atomic E-state index is -0.547. The molecule has 27 heavy (non-hydrogen) atoms.